The number of hydrogen-bond donors (Lipinski definition) is 0. The van der Waals surface area contributed by atoms with Gasteiger partial charge in [0.1, 0.15) is 0 Å². The summed E-state index contributed by atoms with van der Waals surface area (Å²) >= 11 is 0. The summed E-state index contributed by atoms with van der Waals surface area (Å²) in [5.41, 5.74) is 0. The summed E-state index contributed by atoms with van der Waals surface area (Å²) in [5, 5.41) is 0. The first-order valence-electron chi connectivity index (χ1n) is 3.04. The van der Waals surface area contributed by atoms with Gasteiger partial charge in [0, 0.05) is 6.54 Å². The third-order valence-corrected chi connectivity index (χ3v) is 5.45. The van der Waals surface area contributed by atoms with Crippen LogP contribution in [0, 0.1) is 0 Å². The summed E-state index contributed by atoms with van der Waals surface area (Å²) in [6.07, 6.45) is 1.30. The van der Waals surface area contributed by atoms with E-state index in [0.29, 0.717) is 10.1 Å². The molecule has 0 bridgehead atoms. The number of hydrogen-bond acceptors (Lipinski definition) is 4. The fourth-order valence-electron chi connectivity index (χ4n) is 0.989. The molecule has 0 aliphatic carbocycles. The molecule has 0 aromatic heterocycles. The molecule has 0 aromatic carbocycles. The minimum Gasteiger partial charge on any atom is -0.212 e. The quantitative estimate of drug-likeness (QED) is 0.542. The highest BCUT2D eigenvalue weighted by molar-refractivity contribution is 8.03. The summed E-state index contributed by atoms with van der Waals surface area (Å²) in [5.74, 6) is -0.0555. The van der Waals surface area contributed by atoms with Crippen molar-refractivity contribution in [3.05, 3.63) is 0 Å². The Kier molecular flexibility index (Phi) is 1.97. The van der Waals surface area contributed by atoms with Gasteiger partial charge in [0.15, 0.2) is 0 Å². The molecular weight excluding hydrogens is 190 g/mol. The highest BCUT2D eigenvalue weighted by Crippen LogP contribution is 2.16. The summed E-state index contributed by atoms with van der Waals surface area (Å²) in [6, 6.07) is 0. The lowest BCUT2D eigenvalue weighted by Crippen LogP contribution is -2.31. The van der Waals surface area contributed by atoms with Crippen molar-refractivity contribution < 1.29 is 16.8 Å². The third-order valence-electron chi connectivity index (χ3n) is 1.42. The minimum atomic E-state index is -3.56. The number of sulfonamides is 2. The molecule has 7 heteroatoms. The lowest BCUT2D eigenvalue weighted by Gasteiger charge is -2.09. The fraction of sp³-hybridized carbons (Fsp3) is 1.00. The van der Waals surface area contributed by atoms with Crippen LogP contribution in [0.15, 0.2) is 0 Å². The molecule has 0 radical (unpaired) electrons. The van der Waals surface area contributed by atoms with Gasteiger partial charge in [-0.2, -0.15) is 0 Å². The lowest BCUT2D eigenvalue weighted by atomic mass is 10.5. The van der Waals surface area contributed by atoms with Gasteiger partial charge in [-0.1, -0.05) is 3.71 Å². The Labute approximate surface area is 66.1 Å². The first-order valence-corrected chi connectivity index (χ1v) is 6.50. The van der Waals surface area contributed by atoms with Crippen LogP contribution in [0.5, 0.6) is 0 Å². The largest absolute Gasteiger partial charge is 0.227 e. The Hall–Kier alpha value is -0.140. The minimum absolute atomic E-state index is 0.0555. The maximum Gasteiger partial charge on any atom is 0.227 e. The van der Waals surface area contributed by atoms with Crippen LogP contribution in [0.4, 0.5) is 0 Å². The normalized spacial score (nSPS) is 25.5. The average molecular weight is 199 g/mol. The Morgan fingerprint density at radius 2 is 1.91 bits per heavy atom. The van der Waals surface area contributed by atoms with Gasteiger partial charge in [-0.25, -0.2) is 16.8 Å². The van der Waals surface area contributed by atoms with Crippen molar-refractivity contribution in [3.63, 3.8) is 0 Å². The maximum atomic E-state index is 11.0. The van der Waals surface area contributed by atoms with E-state index in [1.165, 1.54) is 0 Å². The predicted molar refractivity (Wildman–Crippen MR) is 40.0 cm³/mol. The van der Waals surface area contributed by atoms with E-state index in [-0.39, 0.29) is 12.3 Å². The highest BCUT2D eigenvalue weighted by Gasteiger charge is 2.35. The van der Waals surface area contributed by atoms with Crippen molar-refractivity contribution in [2.75, 3.05) is 18.6 Å². The fourth-order valence-corrected chi connectivity index (χ4v) is 4.43. The summed E-state index contributed by atoms with van der Waals surface area (Å²) < 4.78 is 44.1. The molecular formula is C4H9NO4S2. The van der Waals surface area contributed by atoms with Gasteiger partial charge in [-0.3, -0.25) is 0 Å². The SMILES string of the molecule is CS(=O)(=O)N1CCCS1(=O)=O. The summed E-state index contributed by atoms with van der Waals surface area (Å²) in [4.78, 5) is 0. The van der Waals surface area contributed by atoms with Crippen LogP contribution in [-0.4, -0.2) is 39.1 Å². The molecule has 1 rings (SSSR count). The van der Waals surface area contributed by atoms with Crippen molar-refractivity contribution in [1.29, 1.82) is 0 Å². The molecule has 66 valence electrons. The van der Waals surface area contributed by atoms with Gasteiger partial charge in [0.2, 0.25) is 20.0 Å². The molecule has 1 aliphatic rings. The van der Waals surface area contributed by atoms with Crippen LogP contribution in [0.1, 0.15) is 6.42 Å². The molecule has 0 aromatic rings. The van der Waals surface area contributed by atoms with Gasteiger partial charge >= 0.3 is 0 Å². The van der Waals surface area contributed by atoms with Crippen LogP contribution in [-0.2, 0) is 20.0 Å². The average Bonchev–Trinajstić information content (AvgIpc) is 2.06. The topological polar surface area (TPSA) is 71.5 Å². The van der Waals surface area contributed by atoms with E-state index in [1.54, 1.807) is 0 Å². The van der Waals surface area contributed by atoms with Gasteiger partial charge in [0.25, 0.3) is 0 Å². The molecule has 0 spiro atoms. The Balaban J connectivity index is 3.11. The van der Waals surface area contributed by atoms with Crippen molar-refractivity contribution >= 4 is 20.0 Å². The van der Waals surface area contributed by atoms with E-state index in [2.05, 4.69) is 0 Å². The van der Waals surface area contributed by atoms with E-state index < -0.39 is 20.0 Å². The van der Waals surface area contributed by atoms with Crippen LogP contribution >= 0.6 is 0 Å². The van der Waals surface area contributed by atoms with E-state index in [4.69, 9.17) is 0 Å². The predicted octanol–water partition coefficient (Wildman–Crippen LogP) is -1.02. The van der Waals surface area contributed by atoms with Crippen LogP contribution < -0.4 is 0 Å². The molecule has 1 saturated heterocycles. The molecule has 0 N–H and O–H groups in total. The smallest absolute Gasteiger partial charge is 0.212 e. The molecule has 0 atom stereocenters. The Morgan fingerprint density at radius 1 is 1.36 bits per heavy atom. The second kappa shape index (κ2) is 2.43. The number of rotatable bonds is 1. The molecule has 0 unspecified atom stereocenters. The van der Waals surface area contributed by atoms with E-state index in [0.717, 1.165) is 6.26 Å². The summed E-state index contributed by atoms with van der Waals surface area (Å²) in [7, 11) is -7.06. The van der Waals surface area contributed by atoms with Gasteiger partial charge in [-0.15, -0.1) is 0 Å². The maximum absolute atomic E-state index is 11.0. The van der Waals surface area contributed by atoms with Crippen molar-refractivity contribution in [1.82, 2.24) is 3.71 Å². The Bertz CT molecular complexity index is 340. The van der Waals surface area contributed by atoms with E-state index in [9.17, 15) is 16.8 Å². The van der Waals surface area contributed by atoms with Crippen molar-refractivity contribution in [3.8, 4) is 0 Å². The zero-order valence-corrected chi connectivity index (χ0v) is 7.65. The molecule has 1 fully saturated rings. The molecule has 1 aliphatic heterocycles. The zero-order chi connectivity index (χ0) is 8.70. The van der Waals surface area contributed by atoms with Crippen LogP contribution in [0.2, 0.25) is 0 Å². The van der Waals surface area contributed by atoms with E-state index in [1.807, 2.05) is 0 Å². The van der Waals surface area contributed by atoms with Gasteiger partial charge in [-0.05, 0) is 6.42 Å². The van der Waals surface area contributed by atoms with Crippen molar-refractivity contribution in [2.24, 2.45) is 0 Å². The molecule has 0 saturated carbocycles. The monoisotopic (exact) mass is 199 g/mol. The Morgan fingerprint density at radius 3 is 2.09 bits per heavy atom. The lowest BCUT2D eigenvalue weighted by molar-refractivity contribution is 0.524. The van der Waals surface area contributed by atoms with Gasteiger partial charge in [0.05, 0.1) is 12.0 Å². The molecule has 11 heavy (non-hydrogen) atoms. The third kappa shape index (κ3) is 1.71. The number of nitrogens with zero attached hydrogens (tertiary/aromatic N) is 1. The second-order valence-electron chi connectivity index (χ2n) is 2.43. The van der Waals surface area contributed by atoms with E-state index >= 15 is 0 Å². The molecule has 1 heterocycles. The molecule has 0 amide bonds. The van der Waals surface area contributed by atoms with Crippen molar-refractivity contribution in [2.45, 2.75) is 6.42 Å². The first kappa shape index (κ1) is 8.95. The second-order valence-corrected chi connectivity index (χ2v) is 6.58. The van der Waals surface area contributed by atoms with Crippen LogP contribution in [0.25, 0.3) is 0 Å². The zero-order valence-electron chi connectivity index (χ0n) is 6.02. The standard InChI is InChI=1S/C4H9NO4S2/c1-10(6,7)5-3-2-4-11(5,8)9/h2-4H2,1H3. The first-order chi connectivity index (χ1) is 4.84. The summed E-state index contributed by atoms with van der Waals surface area (Å²) in [6.45, 7) is 0.0984. The highest BCUT2D eigenvalue weighted by atomic mass is 32.3. The molecule has 5 nitrogen and oxygen atoms in total. The van der Waals surface area contributed by atoms with Crippen LogP contribution in [0.3, 0.4) is 0 Å². The van der Waals surface area contributed by atoms with Gasteiger partial charge < -0.3 is 0 Å².